The maximum atomic E-state index is 12.0. The molecule has 1 aliphatic rings. The number of hydrogen-bond acceptors (Lipinski definition) is 7. The molecule has 0 spiro atoms. The van der Waals surface area contributed by atoms with E-state index in [-0.39, 0.29) is 11.7 Å². The van der Waals surface area contributed by atoms with Gasteiger partial charge in [-0.05, 0) is 18.2 Å². The fourth-order valence-electron chi connectivity index (χ4n) is 2.11. The Labute approximate surface area is 137 Å². The zero-order chi connectivity index (χ0) is 16.1. The lowest BCUT2D eigenvalue weighted by molar-refractivity contribution is -0.759. The van der Waals surface area contributed by atoms with Crippen LogP contribution in [0.3, 0.4) is 0 Å². The fraction of sp³-hybridized carbons (Fsp3) is 0.357. The predicted octanol–water partition coefficient (Wildman–Crippen LogP) is 0.243. The number of nitrogen functional groups attached to an aromatic ring is 1. The zero-order valence-electron chi connectivity index (χ0n) is 12.5. The lowest BCUT2D eigenvalue weighted by atomic mass is 10.3. The number of carbonyl (C=O) groups is 1. The molecular formula is C14H18N5O3S+. The topological polar surface area (TPSA) is 97.5 Å². The number of amides is 1. The van der Waals surface area contributed by atoms with Crippen molar-refractivity contribution in [1.29, 1.82) is 0 Å². The molecule has 9 heteroatoms. The van der Waals surface area contributed by atoms with Crippen molar-refractivity contribution < 1.29 is 18.8 Å². The van der Waals surface area contributed by atoms with Crippen molar-refractivity contribution in [2.24, 2.45) is 0 Å². The molecule has 1 aliphatic heterocycles. The minimum atomic E-state index is -0.164. The third-order valence-electron chi connectivity index (χ3n) is 3.22. The number of aromatic nitrogens is 2. The molecule has 0 aliphatic carbocycles. The van der Waals surface area contributed by atoms with Gasteiger partial charge in [-0.25, -0.2) is 0 Å². The molecule has 1 fully saturated rings. The Morgan fingerprint density at radius 2 is 2.26 bits per heavy atom. The average molecular weight is 336 g/mol. The average Bonchev–Trinajstić information content (AvgIpc) is 3.02. The van der Waals surface area contributed by atoms with Crippen molar-refractivity contribution in [3.8, 4) is 0 Å². The summed E-state index contributed by atoms with van der Waals surface area (Å²) in [6, 6.07) is 7.41. The molecule has 0 atom stereocenters. The van der Waals surface area contributed by atoms with Crippen LogP contribution >= 0.6 is 11.8 Å². The van der Waals surface area contributed by atoms with Crippen LogP contribution in [-0.4, -0.2) is 43.2 Å². The third-order valence-corrected chi connectivity index (χ3v) is 4.22. The third kappa shape index (κ3) is 4.36. The first kappa shape index (κ1) is 15.6. The number of nitrogens with one attached hydrogen (secondary N) is 1. The van der Waals surface area contributed by atoms with E-state index >= 15 is 0 Å². The predicted molar refractivity (Wildman–Crippen MR) is 85.7 cm³/mol. The molecule has 23 heavy (non-hydrogen) atoms. The summed E-state index contributed by atoms with van der Waals surface area (Å²) in [4.78, 5) is 14.5. The zero-order valence-corrected chi connectivity index (χ0v) is 13.3. The van der Waals surface area contributed by atoms with Gasteiger partial charge in [-0.1, -0.05) is 6.07 Å². The molecule has 1 amide bonds. The lowest BCUT2D eigenvalue weighted by Gasteiger charge is -2.18. The largest absolute Gasteiger partial charge is 0.399 e. The molecule has 2 aromatic rings. The van der Waals surface area contributed by atoms with Crippen LogP contribution in [0.2, 0.25) is 0 Å². The van der Waals surface area contributed by atoms with Gasteiger partial charge in [0.05, 0.1) is 36.8 Å². The summed E-state index contributed by atoms with van der Waals surface area (Å²) in [5.41, 5.74) is 6.39. The summed E-state index contributed by atoms with van der Waals surface area (Å²) < 4.78 is 10.4. The van der Waals surface area contributed by atoms with E-state index in [2.05, 4.69) is 10.6 Å². The Bertz CT molecular complexity index is 672. The van der Waals surface area contributed by atoms with Crippen molar-refractivity contribution in [3.05, 3.63) is 30.5 Å². The number of hydrogen-bond donors (Lipinski definition) is 2. The molecule has 0 unspecified atom stereocenters. The maximum Gasteiger partial charge on any atom is 0.305 e. The minimum Gasteiger partial charge on any atom is -0.399 e. The second-order valence-electron chi connectivity index (χ2n) is 4.96. The second kappa shape index (κ2) is 7.34. The highest BCUT2D eigenvalue weighted by atomic mass is 32.2. The smallest absolute Gasteiger partial charge is 0.305 e. The Kier molecular flexibility index (Phi) is 4.99. The lowest BCUT2D eigenvalue weighted by Crippen LogP contribution is -2.62. The van der Waals surface area contributed by atoms with Gasteiger partial charge >= 0.3 is 5.88 Å². The highest BCUT2D eigenvalue weighted by molar-refractivity contribution is 8.00. The van der Waals surface area contributed by atoms with Crippen LogP contribution in [0.25, 0.3) is 0 Å². The second-order valence-corrected chi connectivity index (χ2v) is 6.01. The molecule has 8 nitrogen and oxygen atoms in total. The van der Waals surface area contributed by atoms with E-state index < -0.39 is 0 Å². The van der Waals surface area contributed by atoms with E-state index in [1.165, 1.54) is 11.8 Å². The van der Waals surface area contributed by atoms with Gasteiger partial charge in [-0.2, -0.15) is 0 Å². The van der Waals surface area contributed by atoms with E-state index in [1.807, 2.05) is 29.3 Å². The number of thioether (sulfide) groups is 1. The summed E-state index contributed by atoms with van der Waals surface area (Å²) in [7, 11) is 0. The first-order valence-electron chi connectivity index (χ1n) is 7.20. The number of nitrogens with zero attached hydrogens (tertiary/aromatic N) is 3. The van der Waals surface area contributed by atoms with Gasteiger partial charge < -0.3 is 10.5 Å². The van der Waals surface area contributed by atoms with Gasteiger partial charge in [-0.15, -0.1) is 16.8 Å². The number of ether oxygens (including phenoxy) is 1. The van der Waals surface area contributed by atoms with Crippen LogP contribution in [0.1, 0.15) is 0 Å². The van der Waals surface area contributed by atoms with E-state index in [4.69, 9.17) is 15.0 Å². The van der Waals surface area contributed by atoms with Crippen LogP contribution in [0.4, 0.5) is 11.6 Å². The van der Waals surface area contributed by atoms with Gasteiger partial charge in [0.1, 0.15) is 0 Å². The van der Waals surface area contributed by atoms with Gasteiger partial charge in [0.2, 0.25) is 11.2 Å². The molecule has 0 radical (unpaired) electrons. The Hall–Kier alpha value is -2.26. The first-order chi connectivity index (χ1) is 11.2. The number of morpholine rings is 1. The molecule has 3 N–H and O–H groups in total. The summed E-state index contributed by atoms with van der Waals surface area (Å²) in [5, 5.41) is 8.56. The van der Waals surface area contributed by atoms with Crippen molar-refractivity contribution in [3.63, 3.8) is 0 Å². The van der Waals surface area contributed by atoms with Crippen LogP contribution in [0.15, 0.2) is 39.9 Å². The number of nitrogens with two attached hydrogens (primary N) is 1. The Morgan fingerprint density at radius 1 is 1.43 bits per heavy atom. The summed E-state index contributed by atoms with van der Waals surface area (Å²) in [6.45, 7) is 2.77. The number of rotatable bonds is 5. The molecule has 2 heterocycles. The van der Waals surface area contributed by atoms with E-state index in [9.17, 15) is 4.79 Å². The highest BCUT2D eigenvalue weighted by Crippen LogP contribution is 2.20. The van der Waals surface area contributed by atoms with Crippen LogP contribution in [0, 0.1) is 0 Å². The van der Waals surface area contributed by atoms with Crippen molar-refractivity contribution >= 4 is 29.2 Å². The highest BCUT2D eigenvalue weighted by Gasteiger charge is 2.23. The minimum absolute atomic E-state index is 0.164. The van der Waals surface area contributed by atoms with Crippen molar-refractivity contribution in [2.45, 2.75) is 4.90 Å². The molecule has 1 aromatic carbocycles. The monoisotopic (exact) mass is 336 g/mol. The molecule has 3 rings (SSSR count). The normalized spacial score (nSPS) is 14.7. The SMILES string of the molecule is Nc1cccc(SCC(=O)Nc2c[n+](N3CCOCC3)no2)c1. The van der Waals surface area contributed by atoms with Crippen LogP contribution in [0.5, 0.6) is 0 Å². The number of anilines is 2. The van der Waals surface area contributed by atoms with Crippen molar-refractivity contribution in [1.82, 2.24) is 5.27 Å². The molecule has 122 valence electrons. The van der Waals surface area contributed by atoms with E-state index in [1.54, 1.807) is 11.0 Å². The van der Waals surface area contributed by atoms with E-state index in [0.29, 0.717) is 24.8 Å². The molecule has 1 aromatic heterocycles. The first-order valence-corrected chi connectivity index (χ1v) is 8.19. The van der Waals surface area contributed by atoms with E-state index in [0.717, 1.165) is 18.0 Å². The number of carbonyl (C=O) groups excluding carboxylic acids is 1. The Balaban J connectivity index is 1.50. The Morgan fingerprint density at radius 3 is 3.04 bits per heavy atom. The van der Waals surface area contributed by atoms with Gasteiger partial charge in [0, 0.05) is 10.6 Å². The summed E-state index contributed by atoms with van der Waals surface area (Å²) in [6.07, 6.45) is 1.65. The van der Waals surface area contributed by atoms with Crippen molar-refractivity contribution in [2.75, 3.05) is 48.1 Å². The van der Waals surface area contributed by atoms with Gasteiger partial charge in [0.25, 0.3) is 6.20 Å². The standard InChI is InChI=1S/C14H17N5O3S/c15-11-2-1-3-12(8-11)23-10-13(20)16-14-9-19(17-22-14)18-4-6-21-7-5-18/h1-3,8-9H,4-7,10,15H2/p+1. The number of benzene rings is 1. The molecule has 0 bridgehead atoms. The van der Waals surface area contributed by atoms with Crippen LogP contribution in [-0.2, 0) is 9.53 Å². The quantitative estimate of drug-likeness (QED) is 0.459. The fourth-order valence-corrected chi connectivity index (χ4v) is 2.88. The molecule has 0 saturated carbocycles. The van der Waals surface area contributed by atoms with Gasteiger partial charge in [-0.3, -0.25) is 14.6 Å². The summed E-state index contributed by atoms with van der Waals surface area (Å²) in [5.74, 6) is 0.416. The van der Waals surface area contributed by atoms with Gasteiger partial charge in [0.15, 0.2) is 0 Å². The molecule has 1 saturated heterocycles. The van der Waals surface area contributed by atoms with Crippen LogP contribution < -0.4 is 20.9 Å². The summed E-state index contributed by atoms with van der Waals surface area (Å²) >= 11 is 1.41. The maximum absolute atomic E-state index is 12.0. The molecular weight excluding hydrogens is 318 g/mol.